The monoisotopic (exact) mass is 313 g/mol. The first kappa shape index (κ1) is 15.9. The fourth-order valence-corrected chi connectivity index (χ4v) is 4.45. The molecular weight excluding hydrogens is 290 g/mol. The Morgan fingerprint density at radius 1 is 1.09 bits per heavy atom. The predicted octanol–water partition coefficient (Wildman–Crippen LogP) is 3.15. The van der Waals surface area contributed by atoms with Crippen molar-refractivity contribution in [1.82, 2.24) is 0 Å². The van der Waals surface area contributed by atoms with Crippen molar-refractivity contribution in [1.29, 1.82) is 0 Å². The third kappa shape index (κ3) is 1.69. The van der Waals surface area contributed by atoms with Crippen LogP contribution in [0.3, 0.4) is 0 Å². The predicted molar refractivity (Wildman–Crippen MR) is 88.0 cm³/mol. The molecule has 2 bridgehead atoms. The zero-order valence-corrected chi connectivity index (χ0v) is 14.2. The van der Waals surface area contributed by atoms with E-state index < -0.39 is 22.0 Å². The molecule has 2 unspecified atom stereocenters. The number of carbonyl (C=O) groups excluding carboxylic acids is 3. The van der Waals surface area contributed by atoms with E-state index in [2.05, 4.69) is 5.32 Å². The molecule has 2 aliphatic carbocycles. The molecule has 0 saturated heterocycles. The Hall–Kier alpha value is -1.97. The highest BCUT2D eigenvalue weighted by atomic mass is 16.2. The van der Waals surface area contributed by atoms with Crippen LogP contribution in [0.5, 0.6) is 0 Å². The summed E-state index contributed by atoms with van der Waals surface area (Å²) in [7, 11) is 0. The van der Waals surface area contributed by atoms with Gasteiger partial charge in [0.1, 0.15) is 5.41 Å². The highest BCUT2D eigenvalue weighted by molar-refractivity contribution is 6.49. The van der Waals surface area contributed by atoms with E-state index in [-0.39, 0.29) is 11.7 Å². The van der Waals surface area contributed by atoms with E-state index >= 15 is 0 Å². The second-order valence-electron chi connectivity index (χ2n) is 7.49. The van der Waals surface area contributed by atoms with Crippen LogP contribution in [-0.2, 0) is 20.8 Å². The normalized spacial score (nSPS) is 31.5. The van der Waals surface area contributed by atoms with Gasteiger partial charge in [0.25, 0.3) is 0 Å². The van der Waals surface area contributed by atoms with Gasteiger partial charge in [-0.3, -0.25) is 14.4 Å². The first-order valence-corrected chi connectivity index (χ1v) is 8.21. The van der Waals surface area contributed by atoms with Gasteiger partial charge < -0.3 is 5.32 Å². The molecule has 0 aromatic heterocycles. The Bertz CT molecular complexity index is 721. The minimum absolute atomic E-state index is 0.331. The van der Waals surface area contributed by atoms with E-state index in [4.69, 9.17) is 0 Å². The summed E-state index contributed by atoms with van der Waals surface area (Å²) >= 11 is 0. The zero-order valence-electron chi connectivity index (χ0n) is 14.2. The number of amides is 1. The van der Waals surface area contributed by atoms with Gasteiger partial charge >= 0.3 is 0 Å². The number of ketones is 2. The van der Waals surface area contributed by atoms with Crippen LogP contribution in [-0.4, -0.2) is 17.5 Å². The van der Waals surface area contributed by atoms with Gasteiger partial charge in [-0.25, -0.2) is 0 Å². The van der Waals surface area contributed by atoms with Gasteiger partial charge in [-0.1, -0.05) is 45.9 Å². The zero-order chi connectivity index (χ0) is 17.0. The van der Waals surface area contributed by atoms with E-state index in [9.17, 15) is 14.4 Å². The lowest BCUT2D eigenvalue weighted by Crippen LogP contribution is -2.47. The molecule has 0 aliphatic heterocycles. The highest BCUT2D eigenvalue weighted by Crippen LogP contribution is 2.69. The first-order chi connectivity index (χ1) is 10.7. The summed E-state index contributed by atoms with van der Waals surface area (Å²) in [5.74, 6) is -1.22. The SMILES string of the molecule is CCc1ccccc1NC(=O)C12CCC(C)(C(=O)C1=O)C2(C)C. The molecule has 1 aromatic rings. The fraction of sp³-hybridized carbons (Fsp3) is 0.526. The second-order valence-corrected chi connectivity index (χ2v) is 7.49. The van der Waals surface area contributed by atoms with Crippen molar-refractivity contribution in [3.8, 4) is 0 Å². The van der Waals surface area contributed by atoms with Gasteiger partial charge in [0.15, 0.2) is 0 Å². The standard InChI is InChI=1S/C19H23NO3/c1-5-12-8-6-7-9-13(12)20-16(23)19-11-10-18(4,17(19,2)3)14(21)15(19)22/h6-9H,5,10-11H2,1-4H3,(H,20,23). The summed E-state index contributed by atoms with van der Waals surface area (Å²) in [6.45, 7) is 7.61. The van der Waals surface area contributed by atoms with Crippen LogP contribution in [0.25, 0.3) is 0 Å². The number of carbonyl (C=O) groups is 3. The van der Waals surface area contributed by atoms with Gasteiger partial charge in [0.2, 0.25) is 17.5 Å². The van der Waals surface area contributed by atoms with E-state index in [1.165, 1.54) is 0 Å². The Morgan fingerprint density at radius 2 is 1.74 bits per heavy atom. The maximum Gasteiger partial charge on any atom is 0.239 e. The third-order valence-corrected chi connectivity index (χ3v) is 6.58. The molecule has 3 rings (SSSR count). The van der Waals surface area contributed by atoms with Crippen molar-refractivity contribution in [2.24, 2.45) is 16.2 Å². The number of fused-ring (bicyclic) bond motifs is 2. The number of aryl methyl sites for hydroxylation is 1. The summed E-state index contributed by atoms with van der Waals surface area (Å²) in [5, 5.41) is 2.93. The summed E-state index contributed by atoms with van der Waals surface area (Å²) in [5.41, 5.74) is -0.886. The van der Waals surface area contributed by atoms with Crippen molar-refractivity contribution in [2.75, 3.05) is 5.32 Å². The van der Waals surface area contributed by atoms with Gasteiger partial charge in [0, 0.05) is 11.1 Å². The largest absolute Gasteiger partial charge is 0.325 e. The number of hydrogen-bond acceptors (Lipinski definition) is 3. The number of Topliss-reactive ketones (excluding diaryl/α,β-unsaturated/α-hetero) is 2. The Labute approximate surface area is 136 Å². The van der Waals surface area contributed by atoms with Crippen LogP contribution in [0, 0.1) is 16.2 Å². The number of hydrogen-bond donors (Lipinski definition) is 1. The maximum atomic E-state index is 13.1. The topological polar surface area (TPSA) is 63.2 Å². The number of benzene rings is 1. The van der Waals surface area contributed by atoms with Crippen molar-refractivity contribution in [3.63, 3.8) is 0 Å². The van der Waals surface area contributed by atoms with Crippen LogP contribution >= 0.6 is 0 Å². The average molecular weight is 313 g/mol. The fourth-order valence-electron chi connectivity index (χ4n) is 4.45. The third-order valence-electron chi connectivity index (χ3n) is 6.58. The van der Waals surface area contributed by atoms with Crippen molar-refractivity contribution < 1.29 is 14.4 Å². The molecule has 2 saturated carbocycles. The molecule has 0 heterocycles. The van der Waals surface area contributed by atoms with Crippen LogP contribution < -0.4 is 5.32 Å². The summed E-state index contributed by atoms with van der Waals surface area (Å²) in [6.07, 6.45) is 1.83. The smallest absolute Gasteiger partial charge is 0.239 e. The Balaban J connectivity index is 2.02. The van der Waals surface area contributed by atoms with E-state index in [1.54, 1.807) is 0 Å². The lowest BCUT2D eigenvalue weighted by atomic mass is 9.64. The van der Waals surface area contributed by atoms with E-state index in [0.29, 0.717) is 12.8 Å². The van der Waals surface area contributed by atoms with Gasteiger partial charge in [-0.2, -0.15) is 0 Å². The molecule has 2 fully saturated rings. The lowest BCUT2D eigenvalue weighted by Gasteiger charge is -2.37. The molecule has 1 amide bonds. The molecule has 23 heavy (non-hydrogen) atoms. The number of anilines is 1. The maximum absolute atomic E-state index is 13.1. The molecule has 2 aliphatic rings. The lowest BCUT2D eigenvalue weighted by molar-refractivity contribution is -0.147. The molecule has 1 aromatic carbocycles. The van der Waals surface area contributed by atoms with Crippen molar-refractivity contribution in [3.05, 3.63) is 29.8 Å². The van der Waals surface area contributed by atoms with Crippen molar-refractivity contribution in [2.45, 2.75) is 47.0 Å². The molecular formula is C19H23NO3. The molecule has 1 N–H and O–H groups in total. The van der Waals surface area contributed by atoms with Crippen LogP contribution in [0.4, 0.5) is 5.69 Å². The average Bonchev–Trinajstić information content (AvgIpc) is 2.80. The molecule has 4 heteroatoms. The number of nitrogens with one attached hydrogen (secondary N) is 1. The minimum atomic E-state index is -1.24. The summed E-state index contributed by atoms with van der Waals surface area (Å²) in [4.78, 5) is 38.2. The first-order valence-electron chi connectivity index (χ1n) is 8.21. The molecule has 122 valence electrons. The van der Waals surface area contributed by atoms with Crippen LogP contribution in [0.2, 0.25) is 0 Å². The number of para-hydroxylation sites is 1. The summed E-state index contributed by atoms with van der Waals surface area (Å²) < 4.78 is 0. The molecule has 0 radical (unpaired) electrons. The van der Waals surface area contributed by atoms with Crippen LogP contribution in [0.1, 0.15) is 46.1 Å². The van der Waals surface area contributed by atoms with Gasteiger partial charge in [-0.05, 0) is 36.3 Å². The minimum Gasteiger partial charge on any atom is -0.325 e. The molecule has 0 spiro atoms. The quantitative estimate of drug-likeness (QED) is 0.688. The second kappa shape index (κ2) is 4.76. The Kier molecular flexibility index (Phi) is 3.29. The van der Waals surface area contributed by atoms with E-state index in [1.807, 2.05) is 52.0 Å². The molecule has 2 atom stereocenters. The highest BCUT2D eigenvalue weighted by Gasteiger charge is 2.77. The van der Waals surface area contributed by atoms with E-state index in [0.717, 1.165) is 17.7 Å². The number of rotatable bonds is 3. The van der Waals surface area contributed by atoms with Crippen LogP contribution in [0.15, 0.2) is 24.3 Å². The molecule has 4 nitrogen and oxygen atoms in total. The van der Waals surface area contributed by atoms with Gasteiger partial charge in [-0.15, -0.1) is 0 Å². The Morgan fingerprint density at radius 3 is 2.30 bits per heavy atom. The van der Waals surface area contributed by atoms with Gasteiger partial charge in [0.05, 0.1) is 0 Å². The summed E-state index contributed by atoms with van der Waals surface area (Å²) in [6, 6.07) is 7.58. The van der Waals surface area contributed by atoms with Crippen molar-refractivity contribution >= 4 is 23.2 Å².